The summed E-state index contributed by atoms with van der Waals surface area (Å²) in [6, 6.07) is 2.01. The molecule has 0 radical (unpaired) electrons. The zero-order valence-corrected chi connectivity index (χ0v) is 17.8. The molecule has 0 aromatic carbocycles. The Labute approximate surface area is 171 Å². The number of fused-ring (bicyclic) bond motifs is 1. The molecule has 1 amide bonds. The monoisotopic (exact) mass is 420 g/mol. The number of amides is 1. The molecule has 2 aliphatic heterocycles. The van der Waals surface area contributed by atoms with Crippen LogP contribution in [0.25, 0.3) is 11.2 Å². The Morgan fingerprint density at radius 1 is 0.966 bits per heavy atom. The Hall–Kier alpha value is -2.04. The third kappa shape index (κ3) is 3.88. The van der Waals surface area contributed by atoms with Gasteiger partial charge in [-0.2, -0.15) is 17.0 Å². The minimum Gasteiger partial charge on any atom is -0.337 e. The van der Waals surface area contributed by atoms with E-state index in [2.05, 4.69) is 23.8 Å². The number of pyridine rings is 1. The third-order valence-electron chi connectivity index (χ3n) is 5.68. The van der Waals surface area contributed by atoms with Gasteiger partial charge in [-0.15, -0.1) is 0 Å². The normalized spacial score (nSPS) is 19.9. The van der Waals surface area contributed by atoms with E-state index < -0.39 is 10.2 Å². The average molecular weight is 421 g/mol. The number of hydrogen-bond donors (Lipinski definition) is 0. The Balaban J connectivity index is 1.48. The Morgan fingerprint density at radius 2 is 1.66 bits per heavy atom. The fraction of sp³-hybridized carbons (Fsp3) is 0.632. The predicted molar refractivity (Wildman–Crippen MR) is 110 cm³/mol. The summed E-state index contributed by atoms with van der Waals surface area (Å²) in [5.74, 6) is -0.126. The second-order valence-electron chi connectivity index (χ2n) is 7.97. The highest BCUT2D eigenvalue weighted by Gasteiger charge is 2.33. The summed E-state index contributed by atoms with van der Waals surface area (Å²) in [6.45, 7) is 6.98. The van der Waals surface area contributed by atoms with Gasteiger partial charge in [-0.05, 0) is 39.2 Å². The molecule has 0 spiro atoms. The fourth-order valence-corrected chi connectivity index (χ4v) is 5.72. The van der Waals surface area contributed by atoms with Crippen LogP contribution in [0.3, 0.4) is 0 Å². The summed E-state index contributed by atoms with van der Waals surface area (Å²) >= 11 is 0. The molecule has 0 saturated carbocycles. The number of rotatable bonds is 4. The van der Waals surface area contributed by atoms with E-state index in [4.69, 9.17) is 0 Å². The first-order chi connectivity index (χ1) is 13.9. The lowest BCUT2D eigenvalue weighted by Gasteiger charge is -2.26. The van der Waals surface area contributed by atoms with Crippen LogP contribution in [0.1, 0.15) is 49.5 Å². The van der Waals surface area contributed by atoms with Gasteiger partial charge < -0.3 is 9.47 Å². The van der Waals surface area contributed by atoms with Gasteiger partial charge in [0.05, 0.1) is 11.9 Å². The number of carbonyl (C=O) groups is 1. The van der Waals surface area contributed by atoms with Crippen LogP contribution >= 0.6 is 0 Å². The summed E-state index contributed by atoms with van der Waals surface area (Å²) < 4.78 is 30.7. The quantitative estimate of drug-likeness (QED) is 0.748. The number of carbonyl (C=O) groups excluding carboxylic acids is 1. The molecule has 29 heavy (non-hydrogen) atoms. The van der Waals surface area contributed by atoms with Gasteiger partial charge in [0.2, 0.25) is 0 Å². The van der Waals surface area contributed by atoms with Crippen LogP contribution in [-0.2, 0) is 10.2 Å². The highest BCUT2D eigenvalue weighted by atomic mass is 32.2. The lowest BCUT2D eigenvalue weighted by Crippen LogP contribution is -2.44. The molecule has 10 heteroatoms. The molecule has 0 atom stereocenters. The number of nitrogens with zero attached hydrogens (tertiary/aromatic N) is 6. The van der Waals surface area contributed by atoms with Crippen LogP contribution in [0.15, 0.2) is 18.6 Å². The molecular formula is C19H28N6O3S. The fourth-order valence-electron chi connectivity index (χ4n) is 4.01. The maximum Gasteiger partial charge on any atom is 0.282 e. The minimum absolute atomic E-state index is 0.126. The number of hydrogen-bond acceptors (Lipinski definition) is 5. The second-order valence-corrected chi connectivity index (χ2v) is 9.90. The average Bonchev–Trinajstić information content (AvgIpc) is 3.32. The van der Waals surface area contributed by atoms with Crippen molar-refractivity contribution in [2.24, 2.45) is 0 Å². The lowest BCUT2D eigenvalue weighted by molar-refractivity contribution is 0.0764. The predicted octanol–water partition coefficient (Wildman–Crippen LogP) is 1.50. The van der Waals surface area contributed by atoms with Crippen molar-refractivity contribution in [3.63, 3.8) is 0 Å². The summed E-state index contributed by atoms with van der Waals surface area (Å²) in [5, 5.41) is 0. The summed E-state index contributed by atoms with van der Waals surface area (Å²) in [5.41, 5.74) is 1.94. The van der Waals surface area contributed by atoms with Crippen molar-refractivity contribution in [3.8, 4) is 0 Å². The maximum atomic E-state index is 13.0. The number of imidazole rings is 1. The molecule has 9 nitrogen and oxygen atoms in total. The minimum atomic E-state index is -3.43. The molecule has 4 heterocycles. The molecule has 0 unspecified atom stereocenters. The van der Waals surface area contributed by atoms with Crippen LogP contribution in [0.5, 0.6) is 0 Å². The smallest absolute Gasteiger partial charge is 0.282 e. The molecule has 2 fully saturated rings. The van der Waals surface area contributed by atoms with Crippen LogP contribution in [0.4, 0.5) is 0 Å². The zero-order chi connectivity index (χ0) is 20.6. The van der Waals surface area contributed by atoms with Gasteiger partial charge in [0, 0.05) is 51.5 Å². The summed E-state index contributed by atoms with van der Waals surface area (Å²) in [6.07, 6.45) is 5.79. The van der Waals surface area contributed by atoms with Crippen LogP contribution in [-0.4, -0.2) is 81.6 Å². The van der Waals surface area contributed by atoms with Crippen molar-refractivity contribution in [3.05, 3.63) is 24.2 Å². The molecule has 4 rings (SSSR count). The SMILES string of the molecule is CC(C)n1cnc2cc(C(=O)N3CCCN(S(=O)(=O)N4CCCC4)CC3)cnc21. The van der Waals surface area contributed by atoms with Crippen LogP contribution < -0.4 is 0 Å². The van der Waals surface area contributed by atoms with Crippen molar-refractivity contribution >= 4 is 27.3 Å². The third-order valence-corrected chi connectivity index (χ3v) is 7.71. The van der Waals surface area contributed by atoms with E-state index in [1.54, 1.807) is 27.8 Å². The van der Waals surface area contributed by atoms with E-state index in [0.717, 1.165) is 18.5 Å². The Kier molecular flexibility index (Phi) is 5.58. The van der Waals surface area contributed by atoms with E-state index in [1.165, 1.54) is 4.31 Å². The highest BCUT2D eigenvalue weighted by molar-refractivity contribution is 7.86. The Morgan fingerprint density at radius 3 is 2.38 bits per heavy atom. The highest BCUT2D eigenvalue weighted by Crippen LogP contribution is 2.20. The second kappa shape index (κ2) is 8.00. The largest absolute Gasteiger partial charge is 0.337 e. The van der Waals surface area contributed by atoms with E-state index in [0.29, 0.717) is 56.8 Å². The molecule has 0 aliphatic carbocycles. The van der Waals surface area contributed by atoms with Gasteiger partial charge in [0.15, 0.2) is 5.65 Å². The number of aromatic nitrogens is 3. The van der Waals surface area contributed by atoms with Crippen molar-refractivity contribution in [2.75, 3.05) is 39.3 Å². The van der Waals surface area contributed by atoms with Gasteiger partial charge >= 0.3 is 0 Å². The van der Waals surface area contributed by atoms with Crippen LogP contribution in [0.2, 0.25) is 0 Å². The van der Waals surface area contributed by atoms with E-state index >= 15 is 0 Å². The first-order valence-electron chi connectivity index (χ1n) is 10.2. The van der Waals surface area contributed by atoms with Gasteiger partial charge in [-0.25, -0.2) is 9.97 Å². The van der Waals surface area contributed by atoms with Gasteiger partial charge in [0.1, 0.15) is 5.52 Å². The van der Waals surface area contributed by atoms with E-state index in [1.807, 2.05) is 4.57 Å². The van der Waals surface area contributed by atoms with Crippen molar-refractivity contribution < 1.29 is 13.2 Å². The standard InChI is InChI=1S/C19H28N6O3S/c1-15(2)25-14-21-17-12-16(13-20-18(17)25)19(26)22-6-5-9-24(11-10-22)29(27,28)23-7-3-4-8-23/h12-15H,3-11H2,1-2H3. The van der Waals surface area contributed by atoms with Gasteiger partial charge in [-0.3, -0.25) is 4.79 Å². The zero-order valence-electron chi connectivity index (χ0n) is 17.0. The van der Waals surface area contributed by atoms with E-state index in [9.17, 15) is 13.2 Å². The van der Waals surface area contributed by atoms with Gasteiger partial charge in [-0.1, -0.05) is 0 Å². The summed E-state index contributed by atoms with van der Waals surface area (Å²) in [7, 11) is -3.43. The Bertz CT molecular complexity index is 997. The molecule has 0 N–H and O–H groups in total. The summed E-state index contributed by atoms with van der Waals surface area (Å²) in [4.78, 5) is 23.6. The molecule has 2 saturated heterocycles. The van der Waals surface area contributed by atoms with Crippen LogP contribution in [0, 0.1) is 0 Å². The van der Waals surface area contributed by atoms with Crippen molar-refractivity contribution in [2.45, 2.75) is 39.2 Å². The first-order valence-corrected chi connectivity index (χ1v) is 11.6. The van der Waals surface area contributed by atoms with E-state index in [-0.39, 0.29) is 11.9 Å². The van der Waals surface area contributed by atoms with Crippen molar-refractivity contribution in [1.82, 2.24) is 28.0 Å². The lowest BCUT2D eigenvalue weighted by atomic mass is 10.2. The topological polar surface area (TPSA) is 91.6 Å². The molecular weight excluding hydrogens is 392 g/mol. The maximum absolute atomic E-state index is 13.0. The van der Waals surface area contributed by atoms with Gasteiger partial charge in [0.25, 0.3) is 16.1 Å². The molecule has 2 aromatic heterocycles. The molecule has 0 bridgehead atoms. The molecule has 2 aliphatic rings. The molecule has 2 aromatic rings. The first kappa shape index (κ1) is 20.2. The van der Waals surface area contributed by atoms with Crippen molar-refractivity contribution in [1.29, 1.82) is 0 Å². The molecule has 158 valence electrons.